The molecule has 3 rings (SSSR count). The van der Waals surface area contributed by atoms with Crippen molar-refractivity contribution in [3.8, 4) is 0 Å². The molecule has 2 N–H and O–H groups in total. The fourth-order valence-electron chi connectivity index (χ4n) is 3.87. The van der Waals surface area contributed by atoms with Crippen molar-refractivity contribution in [3.05, 3.63) is 111 Å². The molecular formula is C27H24ClFN2O2. The summed E-state index contributed by atoms with van der Waals surface area (Å²) in [5.74, 6) is -1.43. The van der Waals surface area contributed by atoms with Crippen molar-refractivity contribution >= 4 is 34.8 Å². The second kappa shape index (κ2) is 10.8. The lowest BCUT2D eigenvalue weighted by Gasteiger charge is -2.19. The van der Waals surface area contributed by atoms with Crippen LogP contribution in [-0.2, 0) is 11.3 Å². The van der Waals surface area contributed by atoms with Crippen LogP contribution in [0.25, 0.3) is 17.2 Å². The summed E-state index contributed by atoms with van der Waals surface area (Å²) >= 11 is 6.18. The van der Waals surface area contributed by atoms with Crippen molar-refractivity contribution in [3.63, 3.8) is 0 Å². The molecule has 3 aromatic rings. The molecule has 0 amide bonds. The molecule has 0 fully saturated rings. The van der Waals surface area contributed by atoms with Crippen molar-refractivity contribution in [2.75, 3.05) is 0 Å². The van der Waals surface area contributed by atoms with E-state index in [2.05, 4.69) is 5.11 Å². The summed E-state index contributed by atoms with van der Waals surface area (Å²) in [5.41, 5.74) is 13.1. The number of carbonyl (C=O) groups is 1. The highest BCUT2D eigenvalue weighted by Gasteiger charge is 2.19. The van der Waals surface area contributed by atoms with Crippen LogP contribution in [0, 0.1) is 18.3 Å². The second-order valence-corrected chi connectivity index (χ2v) is 7.99. The summed E-state index contributed by atoms with van der Waals surface area (Å²) in [6.07, 6.45) is 3.23. The van der Waals surface area contributed by atoms with E-state index in [4.69, 9.17) is 22.2 Å². The average Bonchev–Trinajstić information content (AvgIpc) is 2.79. The maximum absolute atomic E-state index is 15.6. The Morgan fingerprint density at radius 2 is 1.85 bits per heavy atom. The number of allylic oxidation sites excluding steroid dienone is 1. The van der Waals surface area contributed by atoms with Crippen LogP contribution < -0.4 is 0 Å². The van der Waals surface area contributed by atoms with Crippen molar-refractivity contribution < 1.29 is 14.3 Å². The predicted molar refractivity (Wildman–Crippen MR) is 131 cm³/mol. The standard InChI is InChI=1S/C27H24ClFN2O2/c1-3-22(23-13-12-21(28)15-17(23)2)26(24-6-4-5-20(16-31-30)27(24)29)19-10-7-18(8-11-19)9-14-25(32)33/h4-15,30H,3,16H2,1-2H3,(H,32,33)/b14-9+,26-22+,31-30?. The molecule has 0 saturated heterocycles. The highest BCUT2D eigenvalue weighted by molar-refractivity contribution is 6.30. The van der Waals surface area contributed by atoms with Gasteiger partial charge >= 0.3 is 5.97 Å². The van der Waals surface area contributed by atoms with Gasteiger partial charge in [-0.15, -0.1) is 0 Å². The van der Waals surface area contributed by atoms with Gasteiger partial charge in [0, 0.05) is 22.2 Å². The highest BCUT2D eigenvalue weighted by Crippen LogP contribution is 2.38. The molecule has 0 radical (unpaired) electrons. The van der Waals surface area contributed by atoms with Crippen molar-refractivity contribution in [1.82, 2.24) is 0 Å². The largest absolute Gasteiger partial charge is 0.478 e. The molecule has 0 saturated carbocycles. The molecule has 0 aliphatic heterocycles. The van der Waals surface area contributed by atoms with E-state index in [9.17, 15) is 4.79 Å². The van der Waals surface area contributed by atoms with Crippen LogP contribution >= 0.6 is 11.6 Å². The lowest BCUT2D eigenvalue weighted by atomic mass is 9.85. The minimum absolute atomic E-state index is 0.0344. The van der Waals surface area contributed by atoms with Crippen LogP contribution in [0.4, 0.5) is 4.39 Å². The Kier molecular flexibility index (Phi) is 7.91. The van der Waals surface area contributed by atoms with Crippen molar-refractivity contribution in [1.29, 1.82) is 5.53 Å². The highest BCUT2D eigenvalue weighted by atomic mass is 35.5. The number of nitrogens with one attached hydrogen (secondary N) is 1. The van der Waals surface area contributed by atoms with Crippen molar-refractivity contribution in [2.45, 2.75) is 26.8 Å². The van der Waals surface area contributed by atoms with E-state index >= 15 is 4.39 Å². The minimum atomic E-state index is -1.02. The zero-order chi connectivity index (χ0) is 24.0. The van der Waals surface area contributed by atoms with Crippen LogP contribution in [0.5, 0.6) is 0 Å². The van der Waals surface area contributed by atoms with Gasteiger partial charge in [-0.3, -0.25) is 0 Å². The third-order valence-electron chi connectivity index (χ3n) is 5.38. The molecule has 0 unspecified atom stereocenters. The molecule has 33 heavy (non-hydrogen) atoms. The number of hydrogen-bond acceptors (Lipinski definition) is 3. The molecular weight excluding hydrogens is 439 g/mol. The Hall–Kier alpha value is -3.57. The second-order valence-electron chi connectivity index (χ2n) is 7.55. The molecule has 0 spiro atoms. The molecule has 0 aliphatic rings. The third kappa shape index (κ3) is 5.62. The van der Waals surface area contributed by atoms with Gasteiger partial charge < -0.3 is 5.11 Å². The first-order valence-electron chi connectivity index (χ1n) is 10.5. The van der Waals surface area contributed by atoms with E-state index in [0.717, 1.165) is 39.5 Å². The summed E-state index contributed by atoms with van der Waals surface area (Å²) in [6, 6.07) is 18.1. The van der Waals surface area contributed by atoms with E-state index in [0.29, 0.717) is 22.6 Å². The van der Waals surface area contributed by atoms with Crippen LogP contribution in [0.15, 0.2) is 71.9 Å². The topological polar surface area (TPSA) is 73.5 Å². The van der Waals surface area contributed by atoms with Crippen LogP contribution in [0.1, 0.15) is 46.7 Å². The number of benzene rings is 3. The fraction of sp³-hybridized carbons (Fsp3) is 0.148. The SMILES string of the molecule is CC/C(=C(/c1ccc(/C=C/C(=O)O)cc1)c1cccc(CN=N)c1F)c1ccc(Cl)cc1C. The summed E-state index contributed by atoms with van der Waals surface area (Å²) in [6.45, 7) is 3.96. The molecule has 168 valence electrons. The zero-order valence-corrected chi connectivity index (χ0v) is 19.2. The van der Waals surface area contributed by atoms with Crippen molar-refractivity contribution in [2.24, 2.45) is 5.11 Å². The Balaban J connectivity index is 2.29. The maximum Gasteiger partial charge on any atom is 0.328 e. The smallest absolute Gasteiger partial charge is 0.328 e. The molecule has 6 heteroatoms. The first kappa shape index (κ1) is 24.1. The fourth-order valence-corrected chi connectivity index (χ4v) is 4.10. The van der Waals surface area contributed by atoms with Gasteiger partial charge in [-0.25, -0.2) is 14.7 Å². The van der Waals surface area contributed by atoms with Gasteiger partial charge in [0.2, 0.25) is 0 Å². The van der Waals surface area contributed by atoms with Gasteiger partial charge in [0.15, 0.2) is 0 Å². The quantitative estimate of drug-likeness (QED) is 0.204. The van der Waals surface area contributed by atoms with Gasteiger partial charge in [-0.1, -0.05) is 67.1 Å². The lowest BCUT2D eigenvalue weighted by molar-refractivity contribution is -0.131. The summed E-state index contributed by atoms with van der Waals surface area (Å²) < 4.78 is 15.6. The first-order valence-corrected chi connectivity index (χ1v) is 10.9. The van der Waals surface area contributed by atoms with Crippen LogP contribution in [0.2, 0.25) is 5.02 Å². The summed E-state index contributed by atoms with van der Waals surface area (Å²) in [5, 5.41) is 12.9. The Labute approximate surface area is 197 Å². The molecule has 3 aromatic carbocycles. The monoisotopic (exact) mass is 462 g/mol. The van der Waals surface area contributed by atoms with Gasteiger partial charge in [-0.2, -0.15) is 5.11 Å². The van der Waals surface area contributed by atoms with Gasteiger partial charge in [0.25, 0.3) is 0 Å². The molecule has 0 bridgehead atoms. The van der Waals surface area contributed by atoms with Gasteiger partial charge in [0.1, 0.15) is 5.82 Å². The molecule has 0 heterocycles. The molecule has 0 atom stereocenters. The molecule has 0 aromatic heterocycles. The number of nitrogens with zero attached hydrogens (tertiary/aromatic N) is 1. The van der Waals surface area contributed by atoms with E-state index < -0.39 is 11.8 Å². The Morgan fingerprint density at radius 3 is 2.45 bits per heavy atom. The van der Waals surface area contributed by atoms with Gasteiger partial charge in [-0.05, 0) is 65.0 Å². The number of carboxylic acid groups (broad SMARTS) is 1. The number of hydrogen-bond donors (Lipinski definition) is 2. The minimum Gasteiger partial charge on any atom is -0.478 e. The zero-order valence-electron chi connectivity index (χ0n) is 18.4. The first-order chi connectivity index (χ1) is 15.8. The van der Waals surface area contributed by atoms with E-state index in [1.807, 2.05) is 44.2 Å². The third-order valence-corrected chi connectivity index (χ3v) is 5.62. The summed E-state index contributed by atoms with van der Waals surface area (Å²) in [4.78, 5) is 10.8. The van der Waals surface area contributed by atoms with Crippen LogP contribution in [-0.4, -0.2) is 11.1 Å². The number of aryl methyl sites for hydroxylation is 1. The number of carboxylic acids is 1. The van der Waals surface area contributed by atoms with E-state index in [-0.39, 0.29) is 6.54 Å². The number of aliphatic carboxylic acids is 1. The lowest BCUT2D eigenvalue weighted by Crippen LogP contribution is -2.01. The van der Waals surface area contributed by atoms with E-state index in [1.165, 1.54) is 6.08 Å². The number of halogens is 2. The maximum atomic E-state index is 15.6. The van der Waals surface area contributed by atoms with Gasteiger partial charge in [0.05, 0.1) is 6.54 Å². The average molecular weight is 463 g/mol. The Bertz CT molecular complexity index is 1250. The molecule has 4 nitrogen and oxygen atoms in total. The number of rotatable bonds is 8. The Morgan fingerprint density at radius 1 is 1.12 bits per heavy atom. The summed E-state index contributed by atoms with van der Waals surface area (Å²) in [7, 11) is 0. The van der Waals surface area contributed by atoms with Crippen LogP contribution in [0.3, 0.4) is 0 Å². The van der Waals surface area contributed by atoms with E-state index in [1.54, 1.807) is 30.3 Å². The normalized spacial score (nSPS) is 12.0. The predicted octanol–water partition coefficient (Wildman–Crippen LogP) is 7.79. The molecule has 0 aliphatic carbocycles.